The van der Waals surface area contributed by atoms with E-state index in [0.29, 0.717) is 36.8 Å². The molecular formula is C20H26N4O4S. The standard InChI is InChI=1S/C20H26N4O4S/c1-27-16-6-3-5-15(18(16)28-2)22-20(26)24-12-10-23(11-13-24)9-8-21-19(25)17-7-4-14-29-17/h3-7,14H,8-13H2,1-2H3,(H,21,25)(H,22,26). The number of methoxy groups -OCH3 is 2. The van der Waals surface area contributed by atoms with E-state index in [-0.39, 0.29) is 11.9 Å². The molecule has 2 N–H and O–H groups in total. The van der Waals surface area contributed by atoms with Crippen LogP contribution in [0.2, 0.25) is 0 Å². The van der Waals surface area contributed by atoms with Crippen molar-refractivity contribution in [2.24, 2.45) is 0 Å². The Kier molecular flexibility index (Phi) is 7.31. The third kappa shape index (κ3) is 5.39. The summed E-state index contributed by atoms with van der Waals surface area (Å²) in [6.07, 6.45) is 0. The molecule has 1 saturated heterocycles. The number of hydrogen-bond donors (Lipinski definition) is 2. The maximum absolute atomic E-state index is 12.6. The zero-order valence-electron chi connectivity index (χ0n) is 16.6. The molecule has 0 unspecified atom stereocenters. The van der Waals surface area contributed by atoms with E-state index < -0.39 is 0 Å². The molecule has 1 aromatic heterocycles. The number of urea groups is 1. The predicted molar refractivity (Wildman–Crippen MR) is 113 cm³/mol. The van der Waals surface area contributed by atoms with Gasteiger partial charge in [-0.15, -0.1) is 11.3 Å². The van der Waals surface area contributed by atoms with Gasteiger partial charge in [0.25, 0.3) is 5.91 Å². The van der Waals surface area contributed by atoms with E-state index in [1.54, 1.807) is 37.3 Å². The number of benzene rings is 1. The normalized spacial score (nSPS) is 14.3. The molecule has 0 spiro atoms. The van der Waals surface area contributed by atoms with E-state index in [9.17, 15) is 9.59 Å². The Hall–Kier alpha value is -2.78. The fourth-order valence-electron chi connectivity index (χ4n) is 3.18. The molecule has 0 radical (unpaired) electrons. The van der Waals surface area contributed by atoms with Crippen LogP contribution in [0, 0.1) is 0 Å². The van der Waals surface area contributed by atoms with Crippen molar-refractivity contribution in [3.05, 3.63) is 40.6 Å². The van der Waals surface area contributed by atoms with Gasteiger partial charge in [0.1, 0.15) is 0 Å². The smallest absolute Gasteiger partial charge is 0.322 e. The molecule has 0 aliphatic carbocycles. The Morgan fingerprint density at radius 1 is 1.07 bits per heavy atom. The van der Waals surface area contributed by atoms with Crippen molar-refractivity contribution in [2.45, 2.75) is 0 Å². The minimum atomic E-state index is -0.165. The van der Waals surface area contributed by atoms with Gasteiger partial charge in [-0.1, -0.05) is 12.1 Å². The van der Waals surface area contributed by atoms with Crippen molar-refractivity contribution in [1.29, 1.82) is 0 Å². The van der Waals surface area contributed by atoms with Crippen LogP contribution in [0.3, 0.4) is 0 Å². The van der Waals surface area contributed by atoms with Gasteiger partial charge in [0.05, 0.1) is 24.8 Å². The summed E-state index contributed by atoms with van der Waals surface area (Å²) in [7, 11) is 3.11. The minimum absolute atomic E-state index is 0.0368. The van der Waals surface area contributed by atoms with E-state index in [1.165, 1.54) is 11.3 Å². The first-order chi connectivity index (χ1) is 14.1. The molecule has 2 aromatic rings. The average Bonchev–Trinajstić information content (AvgIpc) is 3.29. The van der Waals surface area contributed by atoms with Crippen LogP contribution in [0.5, 0.6) is 11.5 Å². The third-order valence-corrected chi connectivity index (χ3v) is 5.63. The van der Waals surface area contributed by atoms with E-state index in [1.807, 2.05) is 17.5 Å². The Morgan fingerprint density at radius 2 is 1.86 bits per heavy atom. The second-order valence-corrected chi connectivity index (χ2v) is 7.48. The molecule has 1 fully saturated rings. The van der Waals surface area contributed by atoms with E-state index in [4.69, 9.17) is 9.47 Å². The van der Waals surface area contributed by atoms with Crippen LogP contribution in [0.1, 0.15) is 9.67 Å². The monoisotopic (exact) mass is 418 g/mol. The van der Waals surface area contributed by atoms with Gasteiger partial charge in [-0.25, -0.2) is 4.79 Å². The van der Waals surface area contributed by atoms with Gasteiger partial charge in [-0.3, -0.25) is 9.69 Å². The lowest BCUT2D eigenvalue weighted by Crippen LogP contribution is -2.51. The number of anilines is 1. The van der Waals surface area contributed by atoms with E-state index in [2.05, 4.69) is 15.5 Å². The fraction of sp³-hybridized carbons (Fsp3) is 0.400. The molecule has 2 heterocycles. The van der Waals surface area contributed by atoms with E-state index >= 15 is 0 Å². The summed E-state index contributed by atoms with van der Waals surface area (Å²) in [4.78, 5) is 29.3. The fourth-order valence-corrected chi connectivity index (χ4v) is 3.82. The summed E-state index contributed by atoms with van der Waals surface area (Å²) in [6.45, 7) is 4.11. The van der Waals surface area contributed by atoms with Crippen LogP contribution in [0.4, 0.5) is 10.5 Å². The highest BCUT2D eigenvalue weighted by Gasteiger charge is 2.22. The zero-order chi connectivity index (χ0) is 20.6. The Balaban J connectivity index is 1.43. The third-order valence-electron chi connectivity index (χ3n) is 4.76. The second-order valence-electron chi connectivity index (χ2n) is 6.53. The molecule has 0 saturated carbocycles. The number of rotatable bonds is 7. The van der Waals surface area contributed by atoms with Crippen molar-refractivity contribution in [1.82, 2.24) is 15.1 Å². The first kappa shape index (κ1) is 20.9. The highest BCUT2D eigenvalue weighted by molar-refractivity contribution is 7.12. The number of hydrogen-bond acceptors (Lipinski definition) is 6. The summed E-state index contributed by atoms with van der Waals surface area (Å²) >= 11 is 1.43. The van der Waals surface area contributed by atoms with Crippen LogP contribution >= 0.6 is 11.3 Å². The van der Waals surface area contributed by atoms with Crippen molar-refractivity contribution in [2.75, 3.05) is 58.8 Å². The Morgan fingerprint density at radius 3 is 2.52 bits per heavy atom. The number of thiophene rings is 1. The molecule has 29 heavy (non-hydrogen) atoms. The Labute approximate surface area is 174 Å². The van der Waals surface area contributed by atoms with Crippen molar-refractivity contribution < 1.29 is 19.1 Å². The average molecular weight is 419 g/mol. The van der Waals surface area contributed by atoms with Crippen LogP contribution < -0.4 is 20.1 Å². The number of carbonyl (C=O) groups is 2. The summed E-state index contributed by atoms with van der Waals surface area (Å²) < 4.78 is 10.6. The van der Waals surface area contributed by atoms with Crippen LogP contribution in [0.15, 0.2) is 35.7 Å². The Bertz CT molecular complexity index is 820. The predicted octanol–water partition coefficient (Wildman–Crippen LogP) is 2.34. The number of piperazine rings is 1. The summed E-state index contributed by atoms with van der Waals surface area (Å²) in [5.41, 5.74) is 0.579. The first-order valence-corrected chi connectivity index (χ1v) is 10.3. The van der Waals surface area contributed by atoms with Gasteiger partial charge in [0.2, 0.25) is 0 Å². The lowest BCUT2D eigenvalue weighted by atomic mass is 10.2. The highest BCUT2D eigenvalue weighted by atomic mass is 32.1. The molecule has 1 aromatic carbocycles. The molecule has 3 amide bonds. The molecule has 3 rings (SSSR count). The topological polar surface area (TPSA) is 83.1 Å². The lowest BCUT2D eigenvalue weighted by Gasteiger charge is -2.34. The van der Waals surface area contributed by atoms with Crippen molar-refractivity contribution in [3.63, 3.8) is 0 Å². The van der Waals surface area contributed by atoms with Crippen molar-refractivity contribution >= 4 is 29.0 Å². The molecule has 0 atom stereocenters. The minimum Gasteiger partial charge on any atom is -0.493 e. The summed E-state index contributed by atoms with van der Waals surface area (Å²) in [5.74, 6) is 1.04. The van der Waals surface area contributed by atoms with Gasteiger partial charge in [-0.2, -0.15) is 0 Å². The first-order valence-electron chi connectivity index (χ1n) is 9.43. The molecule has 1 aliphatic heterocycles. The largest absolute Gasteiger partial charge is 0.493 e. The van der Waals surface area contributed by atoms with Crippen molar-refractivity contribution in [3.8, 4) is 11.5 Å². The van der Waals surface area contributed by atoms with Crippen LogP contribution in [-0.4, -0.2) is 75.2 Å². The molecule has 1 aliphatic rings. The number of nitrogens with zero attached hydrogens (tertiary/aromatic N) is 2. The van der Waals surface area contributed by atoms with Gasteiger partial charge in [0.15, 0.2) is 11.5 Å². The summed E-state index contributed by atoms with van der Waals surface area (Å²) in [6, 6.07) is 8.89. The van der Waals surface area contributed by atoms with Crippen LogP contribution in [0.25, 0.3) is 0 Å². The van der Waals surface area contributed by atoms with Gasteiger partial charge in [-0.05, 0) is 23.6 Å². The summed E-state index contributed by atoms with van der Waals surface area (Å²) in [5, 5.41) is 7.72. The molecule has 0 bridgehead atoms. The van der Waals surface area contributed by atoms with Gasteiger partial charge < -0.3 is 25.0 Å². The molecule has 9 heteroatoms. The van der Waals surface area contributed by atoms with Gasteiger partial charge >= 0.3 is 6.03 Å². The second kappa shape index (κ2) is 10.1. The quantitative estimate of drug-likeness (QED) is 0.721. The zero-order valence-corrected chi connectivity index (χ0v) is 17.5. The number of nitrogens with one attached hydrogen (secondary N) is 2. The molecular weight excluding hydrogens is 392 g/mol. The lowest BCUT2D eigenvalue weighted by molar-refractivity contribution is 0.0946. The molecule has 8 nitrogen and oxygen atoms in total. The van der Waals surface area contributed by atoms with Crippen LogP contribution in [-0.2, 0) is 0 Å². The molecule has 156 valence electrons. The number of para-hydroxylation sites is 1. The number of amides is 3. The maximum atomic E-state index is 12.6. The number of ether oxygens (including phenoxy) is 2. The SMILES string of the molecule is COc1cccc(NC(=O)N2CCN(CCNC(=O)c3cccs3)CC2)c1OC. The van der Waals surface area contributed by atoms with E-state index in [0.717, 1.165) is 24.5 Å². The highest BCUT2D eigenvalue weighted by Crippen LogP contribution is 2.34. The maximum Gasteiger partial charge on any atom is 0.322 e. The number of carbonyl (C=O) groups excluding carboxylic acids is 2. The van der Waals surface area contributed by atoms with Gasteiger partial charge in [0, 0.05) is 39.3 Å².